The van der Waals surface area contributed by atoms with Gasteiger partial charge in [0.2, 0.25) is 5.91 Å². The van der Waals surface area contributed by atoms with E-state index in [-0.39, 0.29) is 12.0 Å². The molecule has 4 heteroatoms. The van der Waals surface area contributed by atoms with E-state index in [9.17, 15) is 4.79 Å². The lowest BCUT2D eigenvalue weighted by molar-refractivity contribution is -0.132. The molecule has 0 aromatic rings. The fourth-order valence-corrected chi connectivity index (χ4v) is 2.71. The van der Waals surface area contributed by atoms with E-state index in [1.165, 1.54) is 0 Å². The molecule has 1 saturated heterocycles. The van der Waals surface area contributed by atoms with E-state index in [0.717, 1.165) is 39.0 Å². The van der Waals surface area contributed by atoms with Crippen LogP contribution >= 0.6 is 0 Å². The van der Waals surface area contributed by atoms with Crippen LogP contribution in [0.3, 0.4) is 0 Å². The van der Waals surface area contributed by atoms with Crippen molar-refractivity contribution in [2.24, 2.45) is 17.6 Å². The van der Waals surface area contributed by atoms with E-state index in [1.54, 1.807) is 0 Å². The molecule has 0 spiro atoms. The topological polar surface area (TPSA) is 55.6 Å². The first-order valence-corrected chi connectivity index (χ1v) is 7.64. The number of amides is 1. The molecule has 1 heterocycles. The summed E-state index contributed by atoms with van der Waals surface area (Å²) in [5, 5.41) is 0. The van der Waals surface area contributed by atoms with Crippen molar-refractivity contribution in [1.29, 1.82) is 0 Å². The summed E-state index contributed by atoms with van der Waals surface area (Å²) in [7, 11) is 0. The molecule has 0 radical (unpaired) electrons. The lowest BCUT2D eigenvalue weighted by atomic mass is 9.88. The fourth-order valence-electron chi connectivity index (χ4n) is 2.71. The Bertz CT molecular complexity index is 269. The highest BCUT2D eigenvalue weighted by Gasteiger charge is 2.21. The van der Waals surface area contributed by atoms with E-state index >= 15 is 0 Å². The Morgan fingerprint density at radius 3 is 2.79 bits per heavy atom. The lowest BCUT2D eigenvalue weighted by Gasteiger charge is -2.24. The number of nitrogens with zero attached hydrogens (tertiary/aromatic N) is 1. The van der Waals surface area contributed by atoms with Gasteiger partial charge in [0.05, 0.1) is 6.10 Å². The first-order valence-electron chi connectivity index (χ1n) is 7.64. The van der Waals surface area contributed by atoms with Gasteiger partial charge in [0.15, 0.2) is 0 Å². The summed E-state index contributed by atoms with van der Waals surface area (Å²) >= 11 is 0. The molecule has 19 heavy (non-hydrogen) atoms. The summed E-state index contributed by atoms with van der Waals surface area (Å²) in [6.45, 7) is 9.53. The summed E-state index contributed by atoms with van der Waals surface area (Å²) < 4.78 is 5.58. The third-order valence-corrected chi connectivity index (χ3v) is 4.01. The Balaban J connectivity index is 2.40. The van der Waals surface area contributed by atoms with Gasteiger partial charge in [-0.15, -0.1) is 0 Å². The Hall–Kier alpha value is -0.610. The monoisotopic (exact) mass is 270 g/mol. The van der Waals surface area contributed by atoms with Gasteiger partial charge >= 0.3 is 0 Å². The predicted molar refractivity (Wildman–Crippen MR) is 77.8 cm³/mol. The fraction of sp³-hybridized carbons (Fsp3) is 0.933. The standard InChI is InChI=1S/C15H30N2O2/c1-12(2)14(7-8-16)5-6-15(18)17-9-4-10-19-13(3)11-17/h12-14H,4-11,16H2,1-3H3. The van der Waals surface area contributed by atoms with E-state index in [1.807, 2.05) is 11.8 Å². The number of carbonyl (C=O) groups is 1. The zero-order valence-electron chi connectivity index (χ0n) is 12.7. The van der Waals surface area contributed by atoms with Crippen LogP contribution in [0.25, 0.3) is 0 Å². The predicted octanol–water partition coefficient (Wildman–Crippen LogP) is 2.02. The van der Waals surface area contributed by atoms with Gasteiger partial charge in [-0.2, -0.15) is 0 Å². The van der Waals surface area contributed by atoms with Gasteiger partial charge in [-0.1, -0.05) is 13.8 Å². The molecule has 0 aromatic carbocycles. The SMILES string of the molecule is CC1CN(C(=O)CCC(CCN)C(C)C)CCCO1. The van der Waals surface area contributed by atoms with Gasteiger partial charge in [-0.05, 0) is 44.6 Å². The van der Waals surface area contributed by atoms with Crippen LogP contribution in [0.2, 0.25) is 0 Å². The average Bonchev–Trinajstić information content (AvgIpc) is 2.58. The summed E-state index contributed by atoms with van der Waals surface area (Å²) in [4.78, 5) is 14.2. The quantitative estimate of drug-likeness (QED) is 0.803. The van der Waals surface area contributed by atoms with E-state index in [0.29, 0.717) is 24.8 Å². The summed E-state index contributed by atoms with van der Waals surface area (Å²) in [6.07, 6.45) is 3.74. The lowest BCUT2D eigenvalue weighted by Crippen LogP contribution is -2.36. The molecule has 2 N–H and O–H groups in total. The molecular weight excluding hydrogens is 240 g/mol. The maximum atomic E-state index is 12.3. The molecule has 1 rings (SSSR count). The molecule has 2 unspecified atom stereocenters. The Morgan fingerprint density at radius 2 is 2.16 bits per heavy atom. The molecule has 2 atom stereocenters. The molecule has 4 nitrogen and oxygen atoms in total. The number of carbonyl (C=O) groups excluding carboxylic acids is 1. The van der Waals surface area contributed by atoms with Crippen molar-refractivity contribution >= 4 is 5.91 Å². The zero-order chi connectivity index (χ0) is 14.3. The van der Waals surface area contributed by atoms with Crippen molar-refractivity contribution in [2.75, 3.05) is 26.2 Å². The molecule has 1 amide bonds. The molecular formula is C15H30N2O2. The summed E-state index contributed by atoms with van der Waals surface area (Å²) in [5.74, 6) is 1.44. The number of ether oxygens (including phenoxy) is 1. The van der Waals surface area contributed by atoms with Crippen LogP contribution < -0.4 is 5.73 Å². The average molecular weight is 270 g/mol. The minimum Gasteiger partial charge on any atom is -0.377 e. The minimum atomic E-state index is 0.163. The summed E-state index contributed by atoms with van der Waals surface area (Å²) in [5.41, 5.74) is 5.64. The number of hydrogen-bond donors (Lipinski definition) is 1. The van der Waals surface area contributed by atoms with Gasteiger partial charge in [0, 0.05) is 26.1 Å². The highest BCUT2D eigenvalue weighted by molar-refractivity contribution is 5.76. The van der Waals surface area contributed by atoms with Crippen molar-refractivity contribution in [3.63, 3.8) is 0 Å². The normalized spacial score (nSPS) is 22.4. The van der Waals surface area contributed by atoms with Crippen molar-refractivity contribution in [2.45, 2.75) is 52.6 Å². The van der Waals surface area contributed by atoms with Gasteiger partial charge in [-0.25, -0.2) is 0 Å². The molecule has 1 fully saturated rings. The van der Waals surface area contributed by atoms with Crippen LogP contribution in [0.15, 0.2) is 0 Å². The summed E-state index contributed by atoms with van der Waals surface area (Å²) in [6, 6.07) is 0. The van der Waals surface area contributed by atoms with Crippen molar-refractivity contribution in [3.8, 4) is 0 Å². The third kappa shape index (κ3) is 5.91. The first-order chi connectivity index (χ1) is 9.04. The van der Waals surface area contributed by atoms with E-state index < -0.39 is 0 Å². The highest BCUT2D eigenvalue weighted by atomic mass is 16.5. The van der Waals surface area contributed by atoms with Crippen LogP contribution in [0.5, 0.6) is 0 Å². The van der Waals surface area contributed by atoms with Crippen molar-refractivity contribution < 1.29 is 9.53 Å². The van der Waals surface area contributed by atoms with Crippen molar-refractivity contribution in [3.05, 3.63) is 0 Å². The van der Waals surface area contributed by atoms with Crippen LogP contribution in [-0.2, 0) is 9.53 Å². The van der Waals surface area contributed by atoms with Gasteiger partial charge in [-0.3, -0.25) is 4.79 Å². The molecule has 0 saturated carbocycles. The molecule has 112 valence electrons. The van der Waals surface area contributed by atoms with Crippen LogP contribution in [0.1, 0.15) is 46.5 Å². The van der Waals surface area contributed by atoms with Crippen LogP contribution in [0, 0.1) is 11.8 Å². The Morgan fingerprint density at radius 1 is 1.42 bits per heavy atom. The van der Waals surface area contributed by atoms with Crippen molar-refractivity contribution in [1.82, 2.24) is 4.90 Å². The molecule has 0 bridgehead atoms. The largest absolute Gasteiger partial charge is 0.377 e. The maximum Gasteiger partial charge on any atom is 0.222 e. The first kappa shape index (κ1) is 16.4. The molecule has 0 aliphatic carbocycles. The zero-order valence-corrected chi connectivity index (χ0v) is 12.7. The maximum absolute atomic E-state index is 12.3. The highest BCUT2D eigenvalue weighted by Crippen LogP contribution is 2.21. The van der Waals surface area contributed by atoms with Crippen LogP contribution in [-0.4, -0.2) is 43.2 Å². The van der Waals surface area contributed by atoms with E-state index in [2.05, 4.69) is 13.8 Å². The van der Waals surface area contributed by atoms with Gasteiger partial charge in [0.25, 0.3) is 0 Å². The smallest absolute Gasteiger partial charge is 0.222 e. The number of nitrogens with two attached hydrogens (primary N) is 1. The Kier molecular flexibility index (Phi) is 7.39. The second-order valence-electron chi connectivity index (χ2n) is 5.99. The number of hydrogen-bond acceptors (Lipinski definition) is 3. The molecule has 0 aromatic heterocycles. The van der Waals surface area contributed by atoms with Gasteiger partial charge in [0.1, 0.15) is 0 Å². The van der Waals surface area contributed by atoms with E-state index in [4.69, 9.17) is 10.5 Å². The third-order valence-electron chi connectivity index (χ3n) is 4.01. The Labute approximate surface area is 117 Å². The second-order valence-corrected chi connectivity index (χ2v) is 5.99. The second kappa shape index (κ2) is 8.54. The molecule has 1 aliphatic heterocycles. The minimum absolute atomic E-state index is 0.163. The van der Waals surface area contributed by atoms with Gasteiger partial charge < -0.3 is 15.4 Å². The molecule has 1 aliphatic rings. The number of rotatable bonds is 6. The van der Waals surface area contributed by atoms with Crippen LogP contribution in [0.4, 0.5) is 0 Å².